The van der Waals surface area contributed by atoms with Gasteiger partial charge in [0.1, 0.15) is 13.2 Å². The van der Waals surface area contributed by atoms with E-state index >= 15 is 0 Å². The molecule has 6 heteroatoms. The maximum atomic E-state index is 12.7. The first-order chi connectivity index (χ1) is 29.4. The third-order valence-corrected chi connectivity index (χ3v) is 12.3. The van der Waals surface area contributed by atoms with Crippen molar-refractivity contribution in [2.45, 2.75) is 310 Å². The van der Waals surface area contributed by atoms with Gasteiger partial charge >= 0.3 is 17.9 Å². The quantitative estimate of drug-likeness (QED) is 0.0345. The fourth-order valence-corrected chi connectivity index (χ4v) is 8.22. The Balaban J connectivity index is 4.07. The number of hydrogen-bond acceptors (Lipinski definition) is 6. The lowest BCUT2D eigenvalue weighted by atomic mass is 10.0. The highest BCUT2D eigenvalue weighted by Gasteiger charge is 2.19. The molecule has 0 saturated carbocycles. The summed E-state index contributed by atoms with van der Waals surface area (Å²) in [7, 11) is 0. The Bertz CT molecular complexity index is 903. The molecule has 0 aromatic heterocycles. The molecule has 6 nitrogen and oxygen atoms in total. The molecular formula is C54H104O6. The maximum absolute atomic E-state index is 12.7. The average Bonchev–Trinajstić information content (AvgIpc) is 3.23. The molecule has 0 spiro atoms. The fraction of sp³-hybridized carbons (Fsp3) is 0.944. The summed E-state index contributed by atoms with van der Waals surface area (Å²) in [5, 5.41) is 0. The molecule has 0 bridgehead atoms. The van der Waals surface area contributed by atoms with Crippen LogP contribution in [0.2, 0.25) is 0 Å². The molecule has 0 aromatic carbocycles. The van der Waals surface area contributed by atoms with Gasteiger partial charge in [0.15, 0.2) is 6.10 Å². The third-order valence-electron chi connectivity index (χ3n) is 12.3. The number of rotatable bonds is 49. The topological polar surface area (TPSA) is 78.9 Å². The molecule has 1 atom stereocenters. The number of hydrogen-bond donors (Lipinski definition) is 0. The van der Waals surface area contributed by atoms with Gasteiger partial charge in [-0.05, 0) is 25.2 Å². The first-order valence-electron chi connectivity index (χ1n) is 26.9. The normalized spacial score (nSPS) is 11.9. The van der Waals surface area contributed by atoms with Crippen LogP contribution in [0.4, 0.5) is 0 Å². The highest BCUT2D eigenvalue weighted by Crippen LogP contribution is 2.17. The van der Waals surface area contributed by atoms with Crippen LogP contribution in [0.1, 0.15) is 304 Å². The first kappa shape index (κ1) is 58.4. The number of unbranched alkanes of at least 4 members (excludes halogenated alkanes) is 36. The summed E-state index contributed by atoms with van der Waals surface area (Å²) >= 11 is 0. The molecule has 0 aliphatic carbocycles. The lowest BCUT2D eigenvalue weighted by molar-refractivity contribution is -0.167. The van der Waals surface area contributed by atoms with Gasteiger partial charge in [0.2, 0.25) is 0 Å². The van der Waals surface area contributed by atoms with E-state index in [9.17, 15) is 14.4 Å². The van der Waals surface area contributed by atoms with E-state index in [-0.39, 0.29) is 31.1 Å². The lowest BCUT2D eigenvalue weighted by Gasteiger charge is -2.18. The summed E-state index contributed by atoms with van der Waals surface area (Å²) in [5.41, 5.74) is 0. The van der Waals surface area contributed by atoms with E-state index < -0.39 is 6.10 Å². The van der Waals surface area contributed by atoms with Crippen molar-refractivity contribution in [1.29, 1.82) is 0 Å². The van der Waals surface area contributed by atoms with Gasteiger partial charge < -0.3 is 14.2 Å². The Morgan fingerprint density at radius 3 is 0.817 bits per heavy atom. The van der Waals surface area contributed by atoms with Crippen LogP contribution in [0.25, 0.3) is 0 Å². The van der Waals surface area contributed by atoms with E-state index in [1.807, 2.05) is 0 Å². The third kappa shape index (κ3) is 47.5. The fourth-order valence-electron chi connectivity index (χ4n) is 8.22. The summed E-state index contributed by atoms with van der Waals surface area (Å²) in [6.45, 7) is 8.97. The molecule has 0 aliphatic rings. The van der Waals surface area contributed by atoms with E-state index in [1.165, 1.54) is 193 Å². The van der Waals surface area contributed by atoms with Crippen molar-refractivity contribution in [3.63, 3.8) is 0 Å². The molecule has 0 unspecified atom stereocenters. The smallest absolute Gasteiger partial charge is 0.306 e. The van der Waals surface area contributed by atoms with E-state index in [2.05, 4.69) is 27.7 Å². The zero-order valence-electron chi connectivity index (χ0n) is 40.9. The van der Waals surface area contributed by atoms with Crippen LogP contribution >= 0.6 is 0 Å². The van der Waals surface area contributed by atoms with Crippen molar-refractivity contribution < 1.29 is 28.6 Å². The van der Waals surface area contributed by atoms with Crippen LogP contribution < -0.4 is 0 Å². The van der Waals surface area contributed by atoms with Gasteiger partial charge in [0, 0.05) is 19.3 Å². The first-order valence-corrected chi connectivity index (χ1v) is 26.9. The van der Waals surface area contributed by atoms with Crippen molar-refractivity contribution in [2.75, 3.05) is 13.2 Å². The predicted molar refractivity (Wildman–Crippen MR) is 257 cm³/mol. The number of carbonyl (C=O) groups excluding carboxylic acids is 3. The van der Waals surface area contributed by atoms with Crippen molar-refractivity contribution in [1.82, 2.24) is 0 Å². The highest BCUT2D eigenvalue weighted by atomic mass is 16.6. The molecule has 0 heterocycles. The van der Waals surface area contributed by atoms with E-state index in [0.29, 0.717) is 19.3 Å². The van der Waals surface area contributed by atoms with Crippen molar-refractivity contribution in [2.24, 2.45) is 5.92 Å². The SMILES string of the molecule is CCCCCCCCCCCCCCCCCCCCCC(=O)O[C@H](COC(=O)CCCCCCC)COC(=O)CCCCCCCCCCCCCCCCCC(C)C. The van der Waals surface area contributed by atoms with Gasteiger partial charge in [-0.2, -0.15) is 0 Å². The van der Waals surface area contributed by atoms with Crippen LogP contribution in [0, 0.1) is 5.92 Å². The van der Waals surface area contributed by atoms with E-state index in [4.69, 9.17) is 14.2 Å². The van der Waals surface area contributed by atoms with Gasteiger partial charge in [-0.3, -0.25) is 14.4 Å². The number of ether oxygens (including phenoxy) is 3. The van der Waals surface area contributed by atoms with Gasteiger partial charge in [0.05, 0.1) is 0 Å². The van der Waals surface area contributed by atoms with E-state index in [1.54, 1.807) is 0 Å². The molecular weight excluding hydrogens is 745 g/mol. The monoisotopic (exact) mass is 849 g/mol. The summed E-state index contributed by atoms with van der Waals surface area (Å²) in [6.07, 6.45) is 51.3. The largest absolute Gasteiger partial charge is 0.462 e. The second kappa shape index (κ2) is 48.4. The molecule has 0 saturated heterocycles. The average molecular weight is 849 g/mol. The molecule has 60 heavy (non-hydrogen) atoms. The minimum Gasteiger partial charge on any atom is -0.462 e. The molecule has 0 radical (unpaired) electrons. The van der Waals surface area contributed by atoms with Gasteiger partial charge in [0.25, 0.3) is 0 Å². The molecule has 0 rings (SSSR count). The summed E-state index contributed by atoms with van der Waals surface area (Å²) in [5.74, 6) is -0.00774. The van der Waals surface area contributed by atoms with Crippen LogP contribution in [-0.4, -0.2) is 37.2 Å². The second-order valence-corrected chi connectivity index (χ2v) is 19.0. The van der Waals surface area contributed by atoms with Crippen molar-refractivity contribution in [3.8, 4) is 0 Å². The molecule has 0 N–H and O–H groups in total. The van der Waals surface area contributed by atoms with Gasteiger partial charge in [-0.25, -0.2) is 0 Å². The number of carbonyl (C=O) groups is 3. The molecule has 0 amide bonds. The Kier molecular flexibility index (Phi) is 47.2. The number of esters is 3. The Hall–Kier alpha value is -1.59. The minimum atomic E-state index is -0.759. The van der Waals surface area contributed by atoms with Gasteiger partial charge in [-0.1, -0.05) is 265 Å². The lowest BCUT2D eigenvalue weighted by Crippen LogP contribution is -2.30. The van der Waals surface area contributed by atoms with Crippen molar-refractivity contribution >= 4 is 17.9 Å². The van der Waals surface area contributed by atoms with Crippen molar-refractivity contribution in [3.05, 3.63) is 0 Å². The van der Waals surface area contributed by atoms with Crippen LogP contribution in [-0.2, 0) is 28.6 Å². The standard InChI is InChI=1S/C54H104O6/c1-5-7-9-11-12-13-14-15-16-17-18-19-22-26-29-32-35-39-43-47-54(57)60-51(48-58-52(55)45-41-36-10-8-6-2)49-59-53(56)46-42-38-34-31-28-25-23-20-21-24-27-30-33-37-40-44-50(3)4/h50-51H,5-49H2,1-4H3/t51-/m1/s1. The Labute approximate surface area is 374 Å². The molecule has 0 aromatic rings. The molecule has 356 valence electrons. The van der Waals surface area contributed by atoms with E-state index in [0.717, 1.165) is 70.1 Å². The Morgan fingerprint density at radius 2 is 0.550 bits per heavy atom. The molecule has 0 aliphatic heterocycles. The highest BCUT2D eigenvalue weighted by molar-refractivity contribution is 5.71. The maximum Gasteiger partial charge on any atom is 0.306 e. The molecule has 0 fully saturated rings. The van der Waals surface area contributed by atoms with Crippen LogP contribution in [0.15, 0.2) is 0 Å². The predicted octanol–water partition coefficient (Wildman–Crippen LogP) is 17.5. The van der Waals surface area contributed by atoms with Crippen LogP contribution in [0.3, 0.4) is 0 Å². The zero-order valence-corrected chi connectivity index (χ0v) is 40.9. The second-order valence-electron chi connectivity index (χ2n) is 19.0. The minimum absolute atomic E-state index is 0.0636. The van der Waals surface area contributed by atoms with Gasteiger partial charge in [-0.15, -0.1) is 0 Å². The summed E-state index contributed by atoms with van der Waals surface area (Å²) < 4.78 is 16.7. The Morgan fingerprint density at radius 1 is 0.317 bits per heavy atom. The summed E-state index contributed by atoms with van der Waals surface area (Å²) in [4.78, 5) is 37.7. The zero-order chi connectivity index (χ0) is 43.8. The summed E-state index contributed by atoms with van der Waals surface area (Å²) in [6, 6.07) is 0. The van der Waals surface area contributed by atoms with Crippen LogP contribution in [0.5, 0.6) is 0 Å².